The molecule has 0 N–H and O–H groups in total. The molecule has 8 heavy (non-hydrogen) atoms. The van der Waals surface area contributed by atoms with E-state index in [4.69, 9.17) is 4.12 Å². The third-order valence-corrected chi connectivity index (χ3v) is 3.46. The summed E-state index contributed by atoms with van der Waals surface area (Å²) in [6, 6.07) is 1.38. The van der Waals surface area contributed by atoms with Crippen molar-refractivity contribution in [2.24, 2.45) is 5.92 Å². The summed E-state index contributed by atoms with van der Waals surface area (Å²) in [5, 5.41) is 0. The Balaban J connectivity index is 2.72. The van der Waals surface area contributed by atoms with Gasteiger partial charge in [-0.25, -0.2) is 0 Å². The van der Waals surface area contributed by atoms with Gasteiger partial charge in [0.05, 0.1) is 0 Å². The van der Waals surface area contributed by atoms with E-state index in [0.29, 0.717) is 0 Å². The van der Waals surface area contributed by atoms with Crippen molar-refractivity contribution in [3.05, 3.63) is 0 Å². The molecule has 0 radical (unpaired) electrons. The van der Waals surface area contributed by atoms with Crippen LogP contribution in [0.15, 0.2) is 0 Å². The number of hydrogen-bond donors (Lipinski definition) is 0. The van der Waals surface area contributed by atoms with Crippen LogP contribution >= 0.6 is 0 Å². The van der Waals surface area contributed by atoms with Crippen LogP contribution in [0, 0.1) is 5.92 Å². The number of hydrogen-bond acceptors (Lipinski definition) is 1. The van der Waals surface area contributed by atoms with E-state index in [1.54, 1.807) is 0 Å². The molecule has 0 rings (SSSR count). The highest BCUT2D eigenvalue weighted by Crippen LogP contribution is 2.02. The van der Waals surface area contributed by atoms with E-state index in [2.05, 4.69) is 13.8 Å². The highest BCUT2D eigenvalue weighted by Gasteiger charge is 1.91. The van der Waals surface area contributed by atoms with E-state index in [1.807, 2.05) is 0 Å². The minimum Gasteiger partial charge on any atom is -0.468 e. The highest BCUT2D eigenvalue weighted by molar-refractivity contribution is 6.34. The summed E-state index contributed by atoms with van der Waals surface area (Å²) in [6.07, 6.45) is 1.37. The predicted molar refractivity (Wildman–Crippen MR) is 43.8 cm³/mol. The second-order valence-corrected chi connectivity index (χ2v) is 5.95. The molecule has 50 valence electrons. The number of rotatable bonds is 4. The molecule has 0 bridgehead atoms. The van der Waals surface area contributed by atoms with Crippen molar-refractivity contribution in [3.8, 4) is 0 Å². The zero-order chi connectivity index (χ0) is 6.41. The first kappa shape index (κ1) is 8.39. The first-order chi connectivity index (χ1) is 3.77. The minimum atomic E-state index is -0.0594. The molecule has 0 unspecified atom stereocenters. The third-order valence-electron chi connectivity index (χ3n) is 1.13. The molecule has 0 spiro atoms. The Morgan fingerprint density at radius 2 is 2.25 bits per heavy atom. The lowest BCUT2D eigenvalue weighted by Crippen LogP contribution is -1.96. The van der Waals surface area contributed by atoms with Gasteiger partial charge in [0, 0.05) is 0 Å². The van der Waals surface area contributed by atoms with Crippen LogP contribution in [0.2, 0.25) is 6.04 Å². The van der Waals surface area contributed by atoms with Gasteiger partial charge >= 0.3 is 0 Å². The van der Waals surface area contributed by atoms with Crippen molar-refractivity contribution in [1.82, 2.24) is 0 Å². The van der Waals surface area contributed by atoms with Crippen molar-refractivity contribution in [2.45, 2.75) is 26.3 Å². The van der Waals surface area contributed by atoms with Gasteiger partial charge < -0.3 is 4.12 Å². The van der Waals surface area contributed by atoms with E-state index in [9.17, 15) is 0 Å². The molecule has 0 heterocycles. The van der Waals surface area contributed by atoms with Crippen molar-refractivity contribution >= 4 is 20.2 Å². The monoisotopic (exact) mass is 148 g/mol. The van der Waals surface area contributed by atoms with E-state index in [-0.39, 0.29) is 9.76 Å². The van der Waals surface area contributed by atoms with Gasteiger partial charge in [-0.2, -0.15) is 0 Å². The lowest BCUT2D eigenvalue weighted by Gasteiger charge is -2.00. The maximum absolute atomic E-state index is 5.17. The fourth-order valence-electron chi connectivity index (χ4n) is 0.636. The zero-order valence-electron chi connectivity index (χ0n) is 6.11. The topological polar surface area (TPSA) is 9.23 Å². The molecule has 0 aliphatic rings. The van der Waals surface area contributed by atoms with Crippen LogP contribution < -0.4 is 0 Å². The molecule has 0 aromatic carbocycles. The summed E-state index contributed by atoms with van der Waals surface area (Å²) in [5.41, 5.74) is 0. The van der Waals surface area contributed by atoms with Crippen LogP contribution in [0.25, 0.3) is 0 Å². The summed E-state index contributed by atoms with van der Waals surface area (Å²) in [7, 11) is 0.901. The largest absolute Gasteiger partial charge is 0.468 e. The Morgan fingerprint density at radius 3 is 2.62 bits per heavy atom. The minimum absolute atomic E-state index is 0.0594. The second kappa shape index (κ2) is 5.53. The standard InChI is InChI=1S/C5H16OSi2/c1-5(2)3-4-8-6-7/h5H,3-4,8H2,1-2,7H3. The van der Waals surface area contributed by atoms with Crippen molar-refractivity contribution < 1.29 is 4.12 Å². The average Bonchev–Trinajstić information content (AvgIpc) is 1.66. The third kappa shape index (κ3) is 6.39. The van der Waals surface area contributed by atoms with Gasteiger partial charge in [0.1, 0.15) is 20.2 Å². The maximum Gasteiger partial charge on any atom is 0.145 e. The van der Waals surface area contributed by atoms with Gasteiger partial charge in [-0.05, 0) is 12.0 Å². The first-order valence-corrected chi connectivity index (χ1v) is 5.65. The van der Waals surface area contributed by atoms with Crippen LogP contribution in [-0.4, -0.2) is 20.2 Å². The van der Waals surface area contributed by atoms with Gasteiger partial charge in [-0.1, -0.05) is 20.3 Å². The van der Waals surface area contributed by atoms with Crippen molar-refractivity contribution in [3.63, 3.8) is 0 Å². The molecule has 0 fully saturated rings. The molecule has 1 nitrogen and oxygen atoms in total. The van der Waals surface area contributed by atoms with Crippen molar-refractivity contribution in [1.29, 1.82) is 0 Å². The molecule has 0 saturated carbocycles. The van der Waals surface area contributed by atoms with Gasteiger partial charge in [0.25, 0.3) is 0 Å². The molecule has 3 heteroatoms. The lowest BCUT2D eigenvalue weighted by atomic mass is 10.2. The van der Waals surface area contributed by atoms with E-state index < -0.39 is 0 Å². The fraction of sp³-hybridized carbons (Fsp3) is 1.00. The molecule has 0 atom stereocenters. The maximum atomic E-state index is 5.17. The van der Waals surface area contributed by atoms with Gasteiger partial charge in [0.15, 0.2) is 0 Å². The molecule has 0 aromatic rings. The predicted octanol–water partition coefficient (Wildman–Crippen LogP) is -0.168. The van der Waals surface area contributed by atoms with E-state index >= 15 is 0 Å². The zero-order valence-corrected chi connectivity index (χ0v) is 9.52. The van der Waals surface area contributed by atoms with Crippen molar-refractivity contribution in [2.75, 3.05) is 0 Å². The summed E-state index contributed by atoms with van der Waals surface area (Å²) in [5.74, 6) is 0.874. The van der Waals surface area contributed by atoms with Crippen LogP contribution in [0.1, 0.15) is 20.3 Å². The molecule has 0 aliphatic carbocycles. The molecule has 0 aliphatic heterocycles. The van der Waals surface area contributed by atoms with Crippen LogP contribution in [0.4, 0.5) is 0 Å². The summed E-state index contributed by atoms with van der Waals surface area (Å²) >= 11 is 0. The Bertz CT molecular complexity index is 47.7. The van der Waals surface area contributed by atoms with Crippen LogP contribution in [0.3, 0.4) is 0 Å². The van der Waals surface area contributed by atoms with Crippen LogP contribution in [-0.2, 0) is 4.12 Å². The fourth-order valence-corrected chi connectivity index (χ4v) is 2.77. The van der Waals surface area contributed by atoms with Crippen LogP contribution in [0.5, 0.6) is 0 Å². The Hall–Kier alpha value is 0.394. The Labute approximate surface area is 57.3 Å². The van der Waals surface area contributed by atoms with Gasteiger partial charge in [-0.3, -0.25) is 0 Å². The normalized spacial score (nSPS) is 12.4. The van der Waals surface area contributed by atoms with E-state index in [0.717, 1.165) is 16.4 Å². The molecular formula is C5H16OSi2. The first-order valence-electron chi connectivity index (χ1n) is 3.26. The average molecular weight is 148 g/mol. The second-order valence-electron chi connectivity index (χ2n) is 2.53. The van der Waals surface area contributed by atoms with Gasteiger partial charge in [0.2, 0.25) is 0 Å². The summed E-state index contributed by atoms with van der Waals surface area (Å²) < 4.78 is 5.17. The smallest absolute Gasteiger partial charge is 0.145 e. The molecule has 0 amide bonds. The van der Waals surface area contributed by atoms with E-state index in [1.165, 1.54) is 12.5 Å². The highest BCUT2D eigenvalue weighted by atomic mass is 28.3. The SMILES string of the molecule is CC(C)CC[SiH2]O[SiH3]. The molecular weight excluding hydrogens is 132 g/mol. The Kier molecular flexibility index (Phi) is 5.80. The quantitative estimate of drug-likeness (QED) is 0.397. The Morgan fingerprint density at radius 1 is 1.62 bits per heavy atom. The molecule has 0 saturated heterocycles. The lowest BCUT2D eigenvalue weighted by molar-refractivity contribution is 0.594. The summed E-state index contributed by atoms with van der Waals surface area (Å²) in [6.45, 7) is 4.53. The summed E-state index contributed by atoms with van der Waals surface area (Å²) in [4.78, 5) is 0. The van der Waals surface area contributed by atoms with Gasteiger partial charge in [-0.15, -0.1) is 0 Å². The molecule has 0 aromatic heterocycles.